The monoisotopic (exact) mass is 311 g/mol. The van der Waals surface area contributed by atoms with E-state index in [9.17, 15) is 8.78 Å². The summed E-state index contributed by atoms with van der Waals surface area (Å²) in [5.74, 6) is -1.10. The Balaban J connectivity index is 1.98. The molecule has 0 atom stereocenters. The Bertz CT molecular complexity index is 598. The molecular weight excluding hydrogens is 292 g/mol. The molecule has 2 aromatic rings. The van der Waals surface area contributed by atoms with Gasteiger partial charge in [-0.3, -0.25) is 0 Å². The van der Waals surface area contributed by atoms with E-state index < -0.39 is 11.6 Å². The predicted molar refractivity (Wildman–Crippen MR) is 81.7 cm³/mol. The van der Waals surface area contributed by atoms with E-state index in [0.29, 0.717) is 0 Å². The van der Waals surface area contributed by atoms with Gasteiger partial charge in [-0.2, -0.15) is 0 Å². The molecule has 0 saturated carbocycles. The molecule has 114 valence electrons. The smallest absolute Gasteiger partial charge is 0.165 e. The topological polar surface area (TPSA) is 21.3 Å². The van der Waals surface area contributed by atoms with Crippen LogP contribution in [0.3, 0.4) is 0 Å². The van der Waals surface area contributed by atoms with Crippen molar-refractivity contribution in [3.05, 3.63) is 51.2 Å². The van der Waals surface area contributed by atoms with Gasteiger partial charge in [0, 0.05) is 27.9 Å². The van der Waals surface area contributed by atoms with Crippen molar-refractivity contribution < 1.29 is 13.5 Å². The van der Waals surface area contributed by atoms with E-state index in [4.69, 9.17) is 4.74 Å². The fraction of sp³-hybridized carbons (Fsp3) is 0.375. The summed E-state index contributed by atoms with van der Waals surface area (Å²) >= 11 is 1.70. The number of aryl methyl sites for hydroxylation is 1. The summed E-state index contributed by atoms with van der Waals surface area (Å²) in [6, 6.07) is 5.28. The van der Waals surface area contributed by atoms with Gasteiger partial charge in [0.05, 0.1) is 0 Å². The van der Waals surface area contributed by atoms with E-state index in [1.807, 2.05) is 6.92 Å². The molecule has 0 unspecified atom stereocenters. The third kappa shape index (κ3) is 4.51. The zero-order valence-electron chi connectivity index (χ0n) is 12.2. The van der Waals surface area contributed by atoms with Crippen molar-refractivity contribution in [3.63, 3.8) is 0 Å². The van der Waals surface area contributed by atoms with Crippen molar-refractivity contribution in [2.45, 2.75) is 33.4 Å². The molecule has 1 heterocycles. The van der Waals surface area contributed by atoms with Gasteiger partial charge in [-0.25, -0.2) is 8.78 Å². The number of nitrogens with one attached hydrogen (secondary N) is 1. The standard InChI is InChI=1S/C16H19F2NOS/c1-3-6-19-9-14-7-12(11(2)21-14)10-20-16-8-13(17)4-5-15(16)18/h4-5,7-8,19H,3,6,9-10H2,1-2H3. The van der Waals surface area contributed by atoms with Crippen molar-refractivity contribution in [2.75, 3.05) is 6.54 Å². The van der Waals surface area contributed by atoms with Crippen molar-refractivity contribution in [1.29, 1.82) is 0 Å². The maximum Gasteiger partial charge on any atom is 0.165 e. The maximum absolute atomic E-state index is 13.5. The Labute approximate surface area is 127 Å². The molecule has 1 aromatic heterocycles. The van der Waals surface area contributed by atoms with Crippen LogP contribution < -0.4 is 10.1 Å². The molecule has 0 aliphatic heterocycles. The van der Waals surface area contributed by atoms with E-state index in [1.165, 1.54) is 4.88 Å². The van der Waals surface area contributed by atoms with Crippen LogP contribution >= 0.6 is 11.3 Å². The number of rotatable bonds is 7. The molecule has 0 saturated heterocycles. The highest BCUT2D eigenvalue weighted by atomic mass is 32.1. The molecule has 1 aromatic carbocycles. The van der Waals surface area contributed by atoms with Crippen LogP contribution in [-0.2, 0) is 13.2 Å². The van der Waals surface area contributed by atoms with Crippen LogP contribution in [0.2, 0.25) is 0 Å². The molecule has 0 spiro atoms. The summed E-state index contributed by atoms with van der Waals surface area (Å²) in [6.07, 6.45) is 1.10. The number of thiophene rings is 1. The third-order valence-corrected chi connectivity index (χ3v) is 4.17. The molecule has 5 heteroatoms. The normalized spacial score (nSPS) is 10.9. The van der Waals surface area contributed by atoms with Gasteiger partial charge in [0.1, 0.15) is 12.4 Å². The minimum Gasteiger partial charge on any atom is -0.486 e. The lowest BCUT2D eigenvalue weighted by Crippen LogP contribution is -2.12. The Morgan fingerprint density at radius 2 is 2.05 bits per heavy atom. The van der Waals surface area contributed by atoms with E-state index in [2.05, 4.69) is 18.3 Å². The van der Waals surface area contributed by atoms with Crippen LogP contribution in [0, 0.1) is 18.6 Å². The minimum absolute atomic E-state index is 0.0498. The average molecular weight is 311 g/mol. The first-order valence-corrected chi connectivity index (χ1v) is 7.78. The minimum atomic E-state index is -0.547. The molecule has 0 bridgehead atoms. The lowest BCUT2D eigenvalue weighted by Gasteiger charge is -2.06. The Morgan fingerprint density at radius 1 is 1.24 bits per heavy atom. The molecule has 21 heavy (non-hydrogen) atoms. The predicted octanol–water partition coefficient (Wildman–Crippen LogP) is 4.41. The number of benzene rings is 1. The number of ether oxygens (including phenoxy) is 1. The van der Waals surface area contributed by atoms with E-state index in [0.717, 1.165) is 48.2 Å². The molecule has 1 N–H and O–H groups in total. The first kappa shape index (κ1) is 15.9. The van der Waals surface area contributed by atoms with E-state index in [-0.39, 0.29) is 12.4 Å². The quantitative estimate of drug-likeness (QED) is 0.765. The zero-order chi connectivity index (χ0) is 15.2. The van der Waals surface area contributed by atoms with Crippen molar-refractivity contribution in [3.8, 4) is 5.75 Å². The summed E-state index contributed by atoms with van der Waals surface area (Å²) in [5, 5.41) is 3.34. The van der Waals surface area contributed by atoms with E-state index in [1.54, 1.807) is 11.3 Å². The van der Waals surface area contributed by atoms with Gasteiger partial charge in [0.2, 0.25) is 0 Å². The molecule has 0 fully saturated rings. The average Bonchev–Trinajstić information content (AvgIpc) is 2.80. The van der Waals surface area contributed by atoms with Crippen molar-refractivity contribution >= 4 is 11.3 Å². The summed E-state index contributed by atoms with van der Waals surface area (Å²) < 4.78 is 32.0. The first-order valence-electron chi connectivity index (χ1n) is 6.97. The van der Waals surface area contributed by atoms with Crippen LogP contribution in [0.4, 0.5) is 8.78 Å². The van der Waals surface area contributed by atoms with Gasteiger partial charge in [-0.1, -0.05) is 6.92 Å². The molecule has 0 amide bonds. The van der Waals surface area contributed by atoms with Gasteiger partial charge >= 0.3 is 0 Å². The third-order valence-electron chi connectivity index (χ3n) is 3.07. The number of hydrogen-bond donors (Lipinski definition) is 1. The molecule has 0 aliphatic rings. The molecular formula is C16H19F2NOS. The second kappa shape index (κ2) is 7.52. The Kier molecular flexibility index (Phi) is 5.70. The summed E-state index contributed by atoms with van der Waals surface area (Å²) in [6.45, 7) is 6.19. The fourth-order valence-corrected chi connectivity index (χ4v) is 2.97. The second-order valence-electron chi connectivity index (χ2n) is 4.83. The van der Waals surface area contributed by atoms with Crippen LogP contribution in [0.25, 0.3) is 0 Å². The van der Waals surface area contributed by atoms with Gasteiger partial charge in [0.25, 0.3) is 0 Å². The lowest BCUT2D eigenvalue weighted by atomic mass is 10.2. The van der Waals surface area contributed by atoms with Crippen LogP contribution in [0.1, 0.15) is 28.7 Å². The van der Waals surface area contributed by atoms with Gasteiger partial charge in [-0.05, 0) is 38.1 Å². The summed E-state index contributed by atoms with van der Waals surface area (Å²) in [7, 11) is 0. The summed E-state index contributed by atoms with van der Waals surface area (Å²) in [5.41, 5.74) is 1.01. The van der Waals surface area contributed by atoms with Crippen molar-refractivity contribution in [1.82, 2.24) is 5.32 Å². The van der Waals surface area contributed by atoms with Gasteiger partial charge < -0.3 is 10.1 Å². The van der Waals surface area contributed by atoms with Crippen LogP contribution in [-0.4, -0.2) is 6.54 Å². The highest BCUT2D eigenvalue weighted by molar-refractivity contribution is 7.12. The van der Waals surface area contributed by atoms with Crippen LogP contribution in [0.15, 0.2) is 24.3 Å². The molecule has 2 rings (SSSR count). The second-order valence-corrected chi connectivity index (χ2v) is 6.18. The maximum atomic E-state index is 13.5. The molecule has 0 radical (unpaired) electrons. The zero-order valence-corrected chi connectivity index (χ0v) is 13.0. The lowest BCUT2D eigenvalue weighted by molar-refractivity contribution is 0.288. The number of halogens is 2. The SMILES string of the molecule is CCCNCc1cc(COc2cc(F)ccc2F)c(C)s1. The molecule has 0 aliphatic carbocycles. The summed E-state index contributed by atoms with van der Waals surface area (Å²) in [4.78, 5) is 2.36. The van der Waals surface area contributed by atoms with Crippen LogP contribution in [0.5, 0.6) is 5.75 Å². The van der Waals surface area contributed by atoms with Gasteiger partial charge in [0.15, 0.2) is 11.6 Å². The Morgan fingerprint density at radius 3 is 2.81 bits per heavy atom. The van der Waals surface area contributed by atoms with E-state index >= 15 is 0 Å². The molecule has 2 nitrogen and oxygen atoms in total. The van der Waals surface area contributed by atoms with Gasteiger partial charge in [-0.15, -0.1) is 11.3 Å². The highest BCUT2D eigenvalue weighted by Gasteiger charge is 2.09. The Hall–Kier alpha value is -1.46. The first-order chi connectivity index (χ1) is 10.1. The largest absolute Gasteiger partial charge is 0.486 e. The fourth-order valence-electron chi connectivity index (χ4n) is 1.95. The van der Waals surface area contributed by atoms with Crippen molar-refractivity contribution in [2.24, 2.45) is 0 Å². The number of hydrogen-bond acceptors (Lipinski definition) is 3. The highest BCUT2D eigenvalue weighted by Crippen LogP contribution is 2.24.